The molecule has 0 bridgehead atoms. The number of benzene rings is 2. The molecular formula is C20H21N3O3. The third-order valence-corrected chi connectivity index (χ3v) is 3.96. The van der Waals surface area contributed by atoms with Crippen molar-refractivity contribution >= 4 is 28.8 Å². The zero-order valence-electron chi connectivity index (χ0n) is 14.8. The van der Waals surface area contributed by atoms with E-state index in [0.29, 0.717) is 5.75 Å². The molecule has 6 heteroatoms. The zero-order chi connectivity index (χ0) is 18.4. The summed E-state index contributed by atoms with van der Waals surface area (Å²) < 4.78 is 11.0. The first kappa shape index (κ1) is 17.5. The number of hydrogen-bond acceptors (Lipinski definition) is 5. The molecule has 0 saturated carbocycles. The lowest BCUT2D eigenvalue weighted by molar-refractivity contribution is -0.119. The second kappa shape index (κ2) is 8.20. The van der Waals surface area contributed by atoms with Gasteiger partial charge in [-0.2, -0.15) is 5.10 Å². The first-order chi connectivity index (χ1) is 12.7. The highest BCUT2D eigenvalue weighted by Crippen LogP contribution is 2.25. The van der Waals surface area contributed by atoms with E-state index in [0.717, 1.165) is 34.4 Å². The van der Waals surface area contributed by atoms with Crippen LogP contribution < -0.4 is 15.5 Å². The van der Waals surface area contributed by atoms with E-state index in [1.165, 1.54) is 0 Å². The van der Waals surface area contributed by atoms with E-state index in [4.69, 9.17) is 9.15 Å². The Balaban J connectivity index is 1.63. The Bertz CT molecular complexity index is 931. The molecule has 0 aliphatic heterocycles. The van der Waals surface area contributed by atoms with Gasteiger partial charge >= 0.3 is 0 Å². The molecule has 1 aromatic heterocycles. The summed E-state index contributed by atoms with van der Waals surface area (Å²) in [5.74, 6) is 1.27. The van der Waals surface area contributed by atoms with Gasteiger partial charge in [-0.15, -0.1) is 0 Å². The van der Waals surface area contributed by atoms with E-state index in [1.807, 2.05) is 55.5 Å². The number of nitrogens with zero attached hydrogens (tertiary/aromatic N) is 1. The fraction of sp³-hybridized carbons (Fsp3) is 0.200. The number of furan rings is 1. The van der Waals surface area contributed by atoms with Crippen LogP contribution in [0.25, 0.3) is 11.0 Å². The maximum Gasteiger partial charge on any atom is 0.259 e. The zero-order valence-corrected chi connectivity index (χ0v) is 14.8. The maximum atomic E-state index is 12.0. The number of carbonyl (C=O) groups excluding carboxylic acids is 1. The molecule has 2 aromatic carbocycles. The fourth-order valence-electron chi connectivity index (χ4n) is 2.69. The molecular weight excluding hydrogens is 330 g/mol. The second-order valence-corrected chi connectivity index (χ2v) is 5.64. The summed E-state index contributed by atoms with van der Waals surface area (Å²) in [4.78, 5) is 12.0. The summed E-state index contributed by atoms with van der Waals surface area (Å²) >= 11 is 0. The van der Waals surface area contributed by atoms with E-state index in [1.54, 1.807) is 13.3 Å². The predicted molar refractivity (Wildman–Crippen MR) is 103 cm³/mol. The molecule has 0 fully saturated rings. The molecule has 0 atom stereocenters. The summed E-state index contributed by atoms with van der Waals surface area (Å²) in [5.41, 5.74) is 4.99. The summed E-state index contributed by atoms with van der Waals surface area (Å²) in [5, 5.41) is 8.08. The monoisotopic (exact) mass is 351 g/mol. The van der Waals surface area contributed by atoms with Crippen molar-refractivity contribution in [3.05, 3.63) is 59.9 Å². The number of aryl methyl sites for hydroxylation is 1. The number of anilines is 1. The number of amides is 1. The van der Waals surface area contributed by atoms with E-state index >= 15 is 0 Å². The number of methoxy groups -OCH3 is 1. The standard InChI is InChI=1S/C20H21N3O3/c1-3-17-15(14-8-4-6-10-18(14)26-17)12-22-23-20(24)13-21-16-9-5-7-11-19(16)25-2/h4-12,21H,3,13H2,1-2H3,(H,23,24)/b22-12-. The minimum atomic E-state index is -0.252. The summed E-state index contributed by atoms with van der Waals surface area (Å²) in [6, 6.07) is 15.2. The van der Waals surface area contributed by atoms with Crippen molar-refractivity contribution in [2.45, 2.75) is 13.3 Å². The number of ether oxygens (including phenoxy) is 1. The lowest BCUT2D eigenvalue weighted by Crippen LogP contribution is -2.26. The van der Waals surface area contributed by atoms with Crippen LogP contribution in [0.4, 0.5) is 5.69 Å². The van der Waals surface area contributed by atoms with E-state index in [2.05, 4.69) is 15.8 Å². The second-order valence-electron chi connectivity index (χ2n) is 5.64. The van der Waals surface area contributed by atoms with E-state index < -0.39 is 0 Å². The van der Waals surface area contributed by atoms with Crippen LogP contribution in [0.15, 0.2) is 58.0 Å². The Morgan fingerprint density at radius 2 is 1.96 bits per heavy atom. The van der Waals surface area contributed by atoms with Crippen LogP contribution in [0, 0.1) is 0 Å². The lowest BCUT2D eigenvalue weighted by Gasteiger charge is -2.09. The van der Waals surface area contributed by atoms with Gasteiger partial charge < -0.3 is 14.5 Å². The first-order valence-corrected chi connectivity index (χ1v) is 8.42. The Labute approximate surface area is 151 Å². The number of hydrogen-bond donors (Lipinski definition) is 2. The van der Waals surface area contributed by atoms with Crippen molar-refractivity contribution in [2.24, 2.45) is 5.10 Å². The molecule has 0 aliphatic carbocycles. The molecule has 3 rings (SSSR count). The third kappa shape index (κ3) is 3.85. The SMILES string of the molecule is CCc1oc2ccccc2c1/C=N\NC(=O)CNc1ccccc1OC. The normalized spacial score (nSPS) is 11.0. The molecule has 2 N–H and O–H groups in total. The van der Waals surface area contributed by atoms with Crippen molar-refractivity contribution in [1.29, 1.82) is 0 Å². The van der Waals surface area contributed by atoms with Crippen molar-refractivity contribution in [1.82, 2.24) is 5.43 Å². The van der Waals surface area contributed by atoms with Crippen molar-refractivity contribution < 1.29 is 13.9 Å². The highest BCUT2D eigenvalue weighted by atomic mass is 16.5. The largest absolute Gasteiger partial charge is 0.495 e. The van der Waals surface area contributed by atoms with Crippen LogP contribution >= 0.6 is 0 Å². The van der Waals surface area contributed by atoms with Gasteiger partial charge in [-0.05, 0) is 18.2 Å². The number of hydrazone groups is 1. The Morgan fingerprint density at radius 3 is 2.77 bits per heavy atom. The number of rotatable bonds is 7. The van der Waals surface area contributed by atoms with E-state index in [9.17, 15) is 4.79 Å². The van der Waals surface area contributed by atoms with Crippen LogP contribution in [0.2, 0.25) is 0 Å². The van der Waals surface area contributed by atoms with Gasteiger partial charge in [0.2, 0.25) is 0 Å². The van der Waals surface area contributed by atoms with Crippen LogP contribution in [-0.4, -0.2) is 25.8 Å². The molecule has 134 valence electrons. The van der Waals surface area contributed by atoms with Gasteiger partial charge in [0.15, 0.2) is 0 Å². The smallest absolute Gasteiger partial charge is 0.259 e. The van der Waals surface area contributed by atoms with Crippen LogP contribution in [-0.2, 0) is 11.2 Å². The highest BCUT2D eigenvalue weighted by molar-refractivity contribution is 5.99. The van der Waals surface area contributed by atoms with Crippen molar-refractivity contribution in [3.8, 4) is 5.75 Å². The lowest BCUT2D eigenvalue weighted by atomic mass is 10.1. The summed E-state index contributed by atoms with van der Waals surface area (Å²) in [6.07, 6.45) is 2.38. The molecule has 3 aromatic rings. The van der Waals surface area contributed by atoms with Gasteiger partial charge in [0.05, 0.1) is 25.6 Å². The molecule has 1 amide bonds. The molecule has 0 saturated heterocycles. The molecule has 1 heterocycles. The van der Waals surface area contributed by atoms with Gasteiger partial charge in [0.25, 0.3) is 5.91 Å². The molecule has 26 heavy (non-hydrogen) atoms. The van der Waals surface area contributed by atoms with Crippen molar-refractivity contribution in [3.63, 3.8) is 0 Å². The quantitative estimate of drug-likeness (QED) is 0.504. The average molecular weight is 351 g/mol. The average Bonchev–Trinajstić information content (AvgIpc) is 3.04. The molecule has 0 radical (unpaired) electrons. The van der Waals surface area contributed by atoms with Gasteiger partial charge in [0.1, 0.15) is 17.1 Å². The van der Waals surface area contributed by atoms with Crippen LogP contribution in [0.5, 0.6) is 5.75 Å². The molecule has 0 aliphatic rings. The molecule has 0 spiro atoms. The fourth-order valence-corrected chi connectivity index (χ4v) is 2.69. The number of para-hydroxylation sites is 3. The molecule has 6 nitrogen and oxygen atoms in total. The topological polar surface area (TPSA) is 75.9 Å². The Kier molecular flexibility index (Phi) is 5.53. The van der Waals surface area contributed by atoms with Crippen LogP contribution in [0.1, 0.15) is 18.2 Å². The summed E-state index contributed by atoms with van der Waals surface area (Å²) in [6.45, 7) is 2.11. The van der Waals surface area contributed by atoms with E-state index in [-0.39, 0.29) is 12.5 Å². The summed E-state index contributed by atoms with van der Waals surface area (Å²) in [7, 11) is 1.59. The Morgan fingerprint density at radius 1 is 1.19 bits per heavy atom. The highest BCUT2D eigenvalue weighted by Gasteiger charge is 2.10. The predicted octanol–water partition coefficient (Wildman–Crippen LogP) is 3.57. The number of nitrogens with one attached hydrogen (secondary N) is 2. The van der Waals surface area contributed by atoms with Crippen molar-refractivity contribution in [2.75, 3.05) is 19.0 Å². The minimum Gasteiger partial charge on any atom is -0.495 e. The van der Waals surface area contributed by atoms with Gasteiger partial charge in [-0.1, -0.05) is 37.3 Å². The minimum absolute atomic E-state index is 0.0878. The first-order valence-electron chi connectivity index (χ1n) is 8.42. The van der Waals surface area contributed by atoms with Gasteiger partial charge in [-0.3, -0.25) is 4.79 Å². The maximum absolute atomic E-state index is 12.0. The number of carbonyl (C=O) groups is 1. The van der Waals surface area contributed by atoms with Crippen LogP contribution in [0.3, 0.4) is 0 Å². The number of fused-ring (bicyclic) bond motifs is 1. The van der Waals surface area contributed by atoms with Gasteiger partial charge in [0, 0.05) is 17.4 Å². The molecule has 0 unspecified atom stereocenters. The van der Waals surface area contributed by atoms with Gasteiger partial charge in [-0.25, -0.2) is 5.43 Å². The third-order valence-electron chi connectivity index (χ3n) is 3.96. The Hall–Kier alpha value is -3.28.